The van der Waals surface area contributed by atoms with Crippen LogP contribution < -0.4 is 20.1 Å². The summed E-state index contributed by atoms with van der Waals surface area (Å²) in [5.74, 6) is 2.23. The molecule has 3 heterocycles. The van der Waals surface area contributed by atoms with Crippen molar-refractivity contribution >= 4 is 17.4 Å². The highest BCUT2D eigenvalue weighted by atomic mass is 16.7. The molecular weight excluding hydrogens is 324 g/mol. The van der Waals surface area contributed by atoms with Crippen LogP contribution in [-0.4, -0.2) is 22.9 Å². The summed E-state index contributed by atoms with van der Waals surface area (Å²) in [5, 5.41) is 13.7. The fourth-order valence-electron chi connectivity index (χ4n) is 2.31. The van der Waals surface area contributed by atoms with E-state index in [1.54, 1.807) is 36.6 Å². The molecule has 2 aromatic heterocycles. The van der Waals surface area contributed by atoms with Gasteiger partial charge in [-0.05, 0) is 36.4 Å². The minimum Gasteiger partial charge on any atom is -0.467 e. The summed E-state index contributed by atoms with van der Waals surface area (Å²) in [6.45, 7) is 0.676. The number of rotatable bonds is 5. The molecule has 1 aliphatic heterocycles. The number of ether oxygens (including phenoxy) is 2. The molecule has 0 bridgehead atoms. The Kier molecular flexibility index (Phi) is 3.91. The fourth-order valence-corrected chi connectivity index (χ4v) is 2.31. The number of furan rings is 1. The SMILES string of the molecule is O=C(Nc1ccc2c(c1)OCO2)c1ccc(NCc2ccco2)nn1. The summed E-state index contributed by atoms with van der Waals surface area (Å²) >= 11 is 0. The number of anilines is 2. The minimum absolute atomic E-state index is 0.185. The molecule has 0 saturated carbocycles. The van der Waals surface area contributed by atoms with Crippen LogP contribution in [-0.2, 0) is 6.54 Å². The summed E-state index contributed by atoms with van der Waals surface area (Å²) in [4.78, 5) is 12.2. The molecule has 25 heavy (non-hydrogen) atoms. The summed E-state index contributed by atoms with van der Waals surface area (Å²) < 4.78 is 15.7. The van der Waals surface area contributed by atoms with E-state index in [4.69, 9.17) is 13.9 Å². The maximum absolute atomic E-state index is 12.2. The molecule has 0 spiro atoms. The topological polar surface area (TPSA) is 98.5 Å². The van der Waals surface area contributed by atoms with Crippen molar-refractivity contribution in [3.05, 3.63) is 60.2 Å². The summed E-state index contributed by atoms with van der Waals surface area (Å²) in [5.41, 5.74) is 0.803. The van der Waals surface area contributed by atoms with E-state index in [1.165, 1.54) is 0 Å². The summed E-state index contributed by atoms with van der Waals surface area (Å²) in [7, 11) is 0. The highest BCUT2D eigenvalue weighted by Crippen LogP contribution is 2.34. The van der Waals surface area contributed by atoms with Crippen LogP contribution >= 0.6 is 0 Å². The number of carbonyl (C=O) groups is 1. The molecule has 0 aliphatic carbocycles. The van der Waals surface area contributed by atoms with E-state index in [2.05, 4.69) is 20.8 Å². The van der Waals surface area contributed by atoms with Crippen LogP contribution in [0.5, 0.6) is 11.5 Å². The number of nitrogens with one attached hydrogen (secondary N) is 2. The molecule has 0 saturated heterocycles. The lowest BCUT2D eigenvalue weighted by atomic mass is 10.2. The van der Waals surface area contributed by atoms with Gasteiger partial charge in [-0.15, -0.1) is 10.2 Å². The predicted molar refractivity (Wildman–Crippen MR) is 88.6 cm³/mol. The standard InChI is InChI=1S/C17H14N4O4/c22-17(19-11-3-5-14-15(8-11)25-10-24-14)13-4-6-16(21-20-13)18-9-12-2-1-7-23-12/h1-8H,9-10H2,(H,18,21)(H,19,22). The quantitative estimate of drug-likeness (QED) is 0.738. The van der Waals surface area contributed by atoms with Crippen LogP contribution in [0, 0.1) is 0 Å². The van der Waals surface area contributed by atoms with Crippen molar-refractivity contribution in [2.45, 2.75) is 6.54 Å². The molecular formula is C17H14N4O4. The monoisotopic (exact) mass is 338 g/mol. The van der Waals surface area contributed by atoms with Gasteiger partial charge in [0.15, 0.2) is 17.2 Å². The van der Waals surface area contributed by atoms with Crippen molar-refractivity contribution in [2.24, 2.45) is 0 Å². The van der Waals surface area contributed by atoms with Gasteiger partial charge in [-0.1, -0.05) is 0 Å². The molecule has 126 valence electrons. The average Bonchev–Trinajstić information content (AvgIpc) is 3.31. The van der Waals surface area contributed by atoms with Gasteiger partial charge >= 0.3 is 0 Å². The first-order valence-electron chi connectivity index (χ1n) is 7.59. The molecule has 0 atom stereocenters. The Morgan fingerprint density at radius 2 is 2.00 bits per heavy atom. The van der Waals surface area contributed by atoms with Gasteiger partial charge in [-0.3, -0.25) is 4.79 Å². The molecule has 1 aliphatic rings. The smallest absolute Gasteiger partial charge is 0.276 e. The Hall–Kier alpha value is -3.55. The van der Waals surface area contributed by atoms with E-state index in [-0.39, 0.29) is 18.4 Å². The van der Waals surface area contributed by atoms with Crippen molar-refractivity contribution in [2.75, 3.05) is 17.4 Å². The Labute approximate surface area is 142 Å². The second kappa shape index (κ2) is 6.52. The second-order valence-corrected chi connectivity index (χ2v) is 5.26. The Balaban J connectivity index is 1.38. The maximum Gasteiger partial charge on any atom is 0.276 e. The molecule has 3 aromatic rings. The molecule has 4 rings (SSSR count). The molecule has 8 nitrogen and oxygen atoms in total. The van der Waals surface area contributed by atoms with Gasteiger partial charge in [0.05, 0.1) is 12.8 Å². The normalized spacial score (nSPS) is 12.0. The molecule has 1 aromatic carbocycles. The zero-order valence-electron chi connectivity index (χ0n) is 13.1. The second-order valence-electron chi connectivity index (χ2n) is 5.26. The van der Waals surface area contributed by atoms with E-state index in [1.807, 2.05) is 12.1 Å². The van der Waals surface area contributed by atoms with Gasteiger partial charge < -0.3 is 24.5 Å². The number of carbonyl (C=O) groups excluding carboxylic acids is 1. The van der Waals surface area contributed by atoms with Crippen molar-refractivity contribution < 1.29 is 18.7 Å². The van der Waals surface area contributed by atoms with Crippen LogP contribution in [0.1, 0.15) is 16.2 Å². The van der Waals surface area contributed by atoms with Gasteiger partial charge in [0.1, 0.15) is 11.6 Å². The first-order chi connectivity index (χ1) is 12.3. The van der Waals surface area contributed by atoms with Gasteiger partial charge in [0.2, 0.25) is 6.79 Å². The Morgan fingerprint density at radius 1 is 1.08 bits per heavy atom. The van der Waals surface area contributed by atoms with Crippen LogP contribution in [0.25, 0.3) is 0 Å². The lowest BCUT2D eigenvalue weighted by Gasteiger charge is -2.06. The first-order valence-corrected chi connectivity index (χ1v) is 7.59. The summed E-state index contributed by atoms with van der Waals surface area (Å²) in [6.07, 6.45) is 1.60. The van der Waals surface area contributed by atoms with Crippen molar-refractivity contribution in [1.29, 1.82) is 0 Å². The van der Waals surface area contributed by atoms with E-state index < -0.39 is 0 Å². The predicted octanol–water partition coefficient (Wildman–Crippen LogP) is 2.66. The van der Waals surface area contributed by atoms with Gasteiger partial charge in [-0.25, -0.2) is 0 Å². The third-order valence-corrected chi connectivity index (χ3v) is 3.55. The number of amides is 1. The Morgan fingerprint density at radius 3 is 2.80 bits per heavy atom. The highest BCUT2D eigenvalue weighted by molar-refractivity contribution is 6.02. The lowest BCUT2D eigenvalue weighted by Crippen LogP contribution is -2.14. The van der Waals surface area contributed by atoms with Crippen molar-refractivity contribution in [3.63, 3.8) is 0 Å². The number of aromatic nitrogens is 2. The van der Waals surface area contributed by atoms with E-state index in [0.717, 1.165) is 5.76 Å². The molecule has 1 amide bonds. The number of benzene rings is 1. The van der Waals surface area contributed by atoms with Gasteiger partial charge in [-0.2, -0.15) is 0 Å². The van der Waals surface area contributed by atoms with Crippen LogP contribution in [0.4, 0.5) is 11.5 Å². The molecule has 2 N–H and O–H groups in total. The van der Waals surface area contributed by atoms with E-state index in [0.29, 0.717) is 29.5 Å². The van der Waals surface area contributed by atoms with Crippen LogP contribution in [0.15, 0.2) is 53.1 Å². The third kappa shape index (κ3) is 3.37. The van der Waals surface area contributed by atoms with E-state index in [9.17, 15) is 4.79 Å². The van der Waals surface area contributed by atoms with Crippen LogP contribution in [0.2, 0.25) is 0 Å². The highest BCUT2D eigenvalue weighted by Gasteiger charge is 2.15. The Bertz CT molecular complexity index is 878. The van der Waals surface area contributed by atoms with Crippen LogP contribution in [0.3, 0.4) is 0 Å². The number of nitrogens with zero attached hydrogens (tertiary/aromatic N) is 2. The van der Waals surface area contributed by atoms with Gasteiger partial charge in [0, 0.05) is 11.8 Å². The van der Waals surface area contributed by atoms with Crippen molar-refractivity contribution in [3.8, 4) is 11.5 Å². The molecule has 0 fully saturated rings. The molecule has 0 unspecified atom stereocenters. The number of hydrogen-bond acceptors (Lipinski definition) is 7. The fraction of sp³-hybridized carbons (Fsp3) is 0.118. The third-order valence-electron chi connectivity index (χ3n) is 3.55. The summed E-state index contributed by atoms with van der Waals surface area (Å²) in [6, 6.07) is 12.1. The molecule has 8 heteroatoms. The largest absolute Gasteiger partial charge is 0.467 e. The zero-order valence-corrected chi connectivity index (χ0v) is 13.1. The van der Waals surface area contributed by atoms with E-state index >= 15 is 0 Å². The molecule has 0 radical (unpaired) electrons. The first kappa shape index (κ1) is 15.0. The number of fused-ring (bicyclic) bond motifs is 1. The maximum atomic E-state index is 12.2. The average molecular weight is 338 g/mol. The number of hydrogen-bond donors (Lipinski definition) is 2. The van der Waals surface area contributed by atoms with Crippen molar-refractivity contribution in [1.82, 2.24) is 10.2 Å². The van der Waals surface area contributed by atoms with Gasteiger partial charge in [0.25, 0.3) is 5.91 Å². The lowest BCUT2D eigenvalue weighted by molar-refractivity contribution is 0.102. The zero-order chi connectivity index (χ0) is 17.1. The minimum atomic E-state index is -0.357.